The van der Waals surface area contributed by atoms with E-state index < -0.39 is 11.9 Å². The summed E-state index contributed by atoms with van der Waals surface area (Å²) in [6.07, 6.45) is 1.52. The Kier molecular flexibility index (Phi) is 6.59. The summed E-state index contributed by atoms with van der Waals surface area (Å²) in [7, 11) is 2.62. The highest BCUT2D eigenvalue weighted by Gasteiger charge is 2.22. The number of methoxy groups -OCH3 is 2. The van der Waals surface area contributed by atoms with E-state index in [2.05, 4.69) is 4.74 Å². The van der Waals surface area contributed by atoms with E-state index in [-0.39, 0.29) is 18.2 Å². The quantitative estimate of drug-likeness (QED) is 0.571. The number of ether oxygens (including phenoxy) is 2. The molecule has 0 saturated carbocycles. The van der Waals surface area contributed by atoms with Crippen molar-refractivity contribution >= 4 is 17.7 Å². The Morgan fingerprint density at radius 2 is 1.57 bits per heavy atom. The fraction of sp³-hybridized carbons (Fsp3) is 0.438. The van der Waals surface area contributed by atoms with Gasteiger partial charge in [-0.05, 0) is 18.6 Å². The molecule has 0 aromatic heterocycles. The highest BCUT2D eigenvalue weighted by molar-refractivity contribution is 5.99. The Labute approximate surface area is 124 Å². The van der Waals surface area contributed by atoms with Gasteiger partial charge in [0.2, 0.25) is 0 Å². The second-order valence-electron chi connectivity index (χ2n) is 4.70. The van der Waals surface area contributed by atoms with Crippen molar-refractivity contribution in [3.05, 3.63) is 35.4 Å². The standard InChI is InChI=1S/C16H20O5/c1-4-5-13(16(19)21-3)10-14(17)11-6-8-12(9-7-11)15(18)20-2/h6-9,13H,4-5,10H2,1-3H3. The molecule has 0 saturated heterocycles. The molecule has 0 fully saturated rings. The Hall–Kier alpha value is -2.17. The maximum Gasteiger partial charge on any atom is 0.337 e. The number of rotatable bonds is 7. The first-order chi connectivity index (χ1) is 10.0. The number of carbonyl (C=O) groups is 3. The van der Waals surface area contributed by atoms with Crippen LogP contribution in [0.2, 0.25) is 0 Å². The second kappa shape index (κ2) is 8.19. The average Bonchev–Trinajstić information content (AvgIpc) is 2.52. The SMILES string of the molecule is CCCC(CC(=O)c1ccc(C(=O)OC)cc1)C(=O)OC. The summed E-state index contributed by atoms with van der Waals surface area (Å²) >= 11 is 0. The minimum absolute atomic E-state index is 0.109. The first-order valence-electron chi connectivity index (χ1n) is 6.82. The van der Waals surface area contributed by atoms with Crippen LogP contribution in [-0.4, -0.2) is 31.9 Å². The van der Waals surface area contributed by atoms with Crippen molar-refractivity contribution in [1.82, 2.24) is 0 Å². The van der Waals surface area contributed by atoms with Crippen LogP contribution in [-0.2, 0) is 14.3 Å². The largest absolute Gasteiger partial charge is 0.469 e. The van der Waals surface area contributed by atoms with Crippen molar-refractivity contribution in [3.8, 4) is 0 Å². The van der Waals surface area contributed by atoms with Crippen LogP contribution in [0.3, 0.4) is 0 Å². The molecule has 5 heteroatoms. The lowest BCUT2D eigenvalue weighted by molar-refractivity contribution is -0.145. The van der Waals surface area contributed by atoms with Crippen LogP contribution in [0.5, 0.6) is 0 Å². The molecular formula is C16H20O5. The maximum atomic E-state index is 12.2. The molecule has 0 aliphatic heterocycles. The van der Waals surface area contributed by atoms with Gasteiger partial charge in [-0.1, -0.05) is 25.5 Å². The van der Waals surface area contributed by atoms with E-state index in [0.29, 0.717) is 17.5 Å². The van der Waals surface area contributed by atoms with Gasteiger partial charge in [0.05, 0.1) is 25.7 Å². The van der Waals surface area contributed by atoms with Crippen LogP contribution in [0.15, 0.2) is 24.3 Å². The van der Waals surface area contributed by atoms with E-state index in [4.69, 9.17) is 4.74 Å². The van der Waals surface area contributed by atoms with Gasteiger partial charge in [0.1, 0.15) is 0 Å². The van der Waals surface area contributed by atoms with E-state index in [1.807, 2.05) is 6.92 Å². The number of hydrogen-bond acceptors (Lipinski definition) is 5. The lowest BCUT2D eigenvalue weighted by atomic mass is 9.94. The molecule has 0 spiro atoms. The van der Waals surface area contributed by atoms with Gasteiger partial charge in [0, 0.05) is 12.0 Å². The minimum atomic E-state index is -0.451. The van der Waals surface area contributed by atoms with Gasteiger partial charge >= 0.3 is 11.9 Å². The Morgan fingerprint density at radius 3 is 2.05 bits per heavy atom. The summed E-state index contributed by atoms with van der Waals surface area (Å²) in [5, 5.41) is 0. The van der Waals surface area contributed by atoms with Crippen molar-refractivity contribution in [2.45, 2.75) is 26.2 Å². The number of benzene rings is 1. The molecule has 0 bridgehead atoms. The smallest absolute Gasteiger partial charge is 0.337 e. The van der Waals surface area contributed by atoms with E-state index in [0.717, 1.165) is 6.42 Å². The number of carbonyl (C=O) groups excluding carboxylic acids is 3. The van der Waals surface area contributed by atoms with E-state index in [1.54, 1.807) is 12.1 Å². The van der Waals surface area contributed by atoms with Crippen LogP contribution >= 0.6 is 0 Å². The van der Waals surface area contributed by atoms with Crippen molar-refractivity contribution in [1.29, 1.82) is 0 Å². The summed E-state index contributed by atoms with van der Waals surface area (Å²) in [5.74, 6) is -1.38. The number of ketones is 1. The molecule has 5 nitrogen and oxygen atoms in total. The van der Waals surface area contributed by atoms with E-state index >= 15 is 0 Å². The normalized spacial score (nSPS) is 11.6. The number of hydrogen-bond donors (Lipinski definition) is 0. The highest BCUT2D eigenvalue weighted by Crippen LogP contribution is 2.17. The van der Waals surface area contributed by atoms with E-state index in [1.165, 1.54) is 26.4 Å². The van der Waals surface area contributed by atoms with Crippen molar-refractivity contribution in [2.24, 2.45) is 5.92 Å². The minimum Gasteiger partial charge on any atom is -0.469 e. The third kappa shape index (κ3) is 4.70. The average molecular weight is 292 g/mol. The van der Waals surface area contributed by atoms with Gasteiger partial charge in [0.25, 0.3) is 0 Å². The summed E-state index contributed by atoms with van der Waals surface area (Å²) < 4.78 is 9.31. The number of esters is 2. The Morgan fingerprint density at radius 1 is 1.00 bits per heavy atom. The lowest BCUT2D eigenvalue weighted by Gasteiger charge is -2.12. The van der Waals surface area contributed by atoms with Gasteiger partial charge in [-0.2, -0.15) is 0 Å². The lowest BCUT2D eigenvalue weighted by Crippen LogP contribution is -2.20. The van der Waals surface area contributed by atoms with Crippen LogP contribution in [0.25, 0.3) is 0 Å². The van der Waals surface area contributed by atoms with Crippen LogP contribution in [0.1, 0.15) is 46.9 Å². The molecule has 1 rings (SSSR count). The fourth-order valence-corrected chi connectivity index (χ4v) is 2.07. The molecule has 0 aliphatic rings. The van der Waals surface area contributed by atoms with Gasteiger partial charge in [-0.15, -0.1) is 0 Å². The fourth-order valence-electron chi connectivity index (χ4n) is 2.07. The first-order valence-corrected chi connectivity index (χ1v) is 6.82. The predicted octanol–water partition coefficient (Wildman–Crippen LogP) is 2.64. The molecule has 1 aromatic carbocycles. The van der Waals surface area contributed by atoms with Gasteiger partial charge < -0.3 is 9.47 Å². The van der Waals surface area contributed by atoms with E-state index in [9.17, 15) is 14.4 Å². The Bertz CT molecular complexity index is 504. The molecule has 0 radical (unpaired) electrons. The third-order valence-electron chi connectivity index (χ3n) is 3.23. The van der Waals surface area contributed by atoms with Crippen LogP contribution < -0.4 is 0 Å². The molecule has 1 atom stereocenters. The monoisotopic (exact) mass is 292 g/mol. The molecule has 1 aromatic rings. The zero-order valence-electron chi connectivity index (χ0n) is 12.5. The molecule has 0 aliphatic carbocycles. The molecule has 21 heavy (non-hydrogen) atoms. The van der Waals surface area contributed by atoms with Crippen molar-refractivity contribution in [3.63, 3.8) is 0 Å². The highest BCUT2D eigenvalue weighted by atomic mass is 16.5. The summed E-state index contributed by atoms with van der Waals surface area (Å²) in [5.41, 5.74) is 0.847. The zero-order chi connectivity index (χ0) is 15.8. The first kappa shape index (κ1) is 16.9. The van der Waals surface area contributed by atoms with Crippen LogP contribution in [0.4, 0.5) is 0 Å². The molecule has 114 valence electrons. The Balaban J connectivity index is 2.78. The van der Waals surface area contributed by atoms with Crippen LogP contribution in [0, 0.1) is 5.92 Å². The van der Waals surface area contributed by atoms with Crippen molar-refractivity contribution in [2.75, 3.05) is 14.2 Å². The van der Waals surface area contributed by atoms with Gasteiger partial charge in [-0.25, -0.2) is 4.79 Å². The van der Waals surface area contributed by atoms with Gasteiger partial charge in [0.15, 0.2) is 5.78 Å². The summed E-state index contributed by atoms with van der Waals surface area (Å²) in [6, 6.07) is 6.20. The maximum absolute atomic E-state index is 12.2. The molecule has 1 unspecified atom stereocenters. The second-order valence-corrected chi connectivity index (χ2v) is 4.70. The molecule has 0 amide bonds. The van der Waals surface area contributed by atoms with Gasteiger partial charge in [-0.3, -0.25) is 9.59 Å². The number of Topliss-reactive ketones (excluding diaryl/α,β-unsaturated/α-hetero) is 1. The van der Waals surface area contributed by atoms with Crippen molar-refractivity contribution < 1.29 is 23.9 Å². The molecular weight excluding hydrogens is 272 g/mol. The third-order valence-corrected chi connectivity index (χ3v) is 3.23. The summed E-state index contributed by atoms with van der Waals surface area (Å²) in [6.45, 7) is 1.95. The molecule has 0 N–H and O–H groups in total. The summed E-state index contributed by atoms with van der Waals surface area (Å²) in [4.78, 5) is 35.1. The topological polar surface area (TPSA) is 69.7 Å². The zero-order valence-corrected chi connectivity index (χ0v) is 12.5. The molecule has 0 heterocycles. The predicted molar refractivity (Wildman–Crippen MR) is 77.1 cm³/mol.